The van der Waals surface area contributed by atoms with E-state index in [9.17, 15) is 4.79 Å². The molecule has 0 unspecified atom stereocenters. The van der Waals surface area contributed by atoms with Gasteiger partial charge in [-0.25, -0.2) is 4.79 Å². The van der Waals surface area contributed by atoms with Crippen molar-refractivity contribution in [2.24, 2.45) is 0 Å². The van der Waals surface area contributed by atoms with E-state index in [1.807, 2.05) is 17.1 Å². The molecule has 0 saturated carbocycles. The average molecular weight is 280 g/mol. The number of hydrogen-bond donors (Lipinski definition) is 0. The largest absolute Gasteiger partial charge is 0.463 e. The predicted molar refractivity (Wildman–Crippen MR) is 58.2 cm³/mol. The first-order chi connectivity index (χ1) is 5.61. The molecular weight excluding hydrogens is 267 g/mol. The molecule has 0 aliphatic carbocycles. The molecule has 0 rings (SSSR count). The monoisotopic (exact) mass is 280 g/mol. The highest BCUT2D eigenvalue weighted by Gasteiger charge is 2.02. The van der Waals surface area contributed by atoms with Gasteiger partial charge in [-0.2, -0.15) is 0 Å². The number of carbonyl (C=O) groups is 1. The van der Waals surface area contributed by atoms with Gasteiger partial charge < -0.3 is 4.74 Å². The van der Waals surface area contributed by atoms with Crippen LogP contribution in [-0.2, 0) is 9.53 Å². The number of rotatable bonds is 3. The minimum absolute atomic E-state index is 0.241. The van der Waals surface area contributed by atoms with Gasteiger partial charge in [0, 0.05) is 5.57 Å². The number of hydrogen-bond acceptors (Lipinski definition) is 2. The normalized spacial score (nSPS) is 13.0. The Bertz CT molecular complexity index is 217. The smallest absolute Gasteiger partial charge is 0.333 e. The molecule has 0 aromatic heterocycles. The Hall–Kier alpha value is -0.320. The fraction of sp³-hybridized carbons (Fsp3) is 0.444. The molecule has 0 spiro atoms. The third-order valence-corrected chi connectivity index (χ3v) is 2.20. The molecule has 0 aromatic rings. The van der Waals surface area contributed by atoms with Gasteiger partial charge in [0.15, 0.2) is 0 Å². The molecule has 3 heteroatoms. The fourth-order valence-corrected chi connectivity index (χ4v) is 0.857. The van der Waals surface area contributed by atoms with Gasteiger partial charge in [0.2, 0.25) is 0 Å². The van der Waals surface area contributed by atoms with E-state index >= 15 is 0 Å². The topological polar surface area (TPSA) is 26.3 Å². The van der Waals surface area contributed by atoms with Crippen LogP contribution in [0.3, 0.4) is 0 Å². The van der Waals surface area contributed by atoms with Crippen molar-refractivity contribution in [2.45, 2.75) is 20.8 Å². The zero-order chi connectivity index (χ0) is 9.56. The van der Waals surface area contributed by atoms with Crippen LogP contribution < -0.4 is 0 Å². The molecule has 0 bridgehead atoms. The number of esters is 1. The van der Waals surface area contributed by atoms with Crippen molar-refractivity contribution < 1.29 is 9.53 Å². The van der Waals surface area contributed by atoms with E-state index in [1.165, 1.54) is 0 Å². The Morgan fingerprint density at radius 1 is 1.50 bits per heavy atom. The molecule has 0 aromatic carbocycles. The van der Waals surface area contributed by atoms with Crippen molar-refractivity contribution in [3.8, 4) is 0 Å². The summed E-state index contributed by atoms with van der Waals surface area (Å²) < 4.78 is 6.73. The highest BCUT2D eigenvalue weighted by atomic mass is 127. The van der Waals surface area contributed by atoms with Gasteiger partial charge in [-0.3, -0.25) is 0 Å². The van der Waals surface area contributed by atoms with Crippen LogP contribution in [0.5, 0.6) is 0 Å². The second-order valence-corrected chi connectivity index (χ2v) is 3.02. The lowest BCUT2D eigenvalue weighted by Crippen LogP contribution is -2.04. The van der Waals surface area contributed by atoms with Crippen LogP contribution in [0.4, 0.5) is 0 Å². The van der Waals surface area contributed by atoms with Gasteiger partial charge in [0.25, 0.3) is 0 Å². The first kappa shape index (κ1) is 11.7. The molecule has 0 aliphatic heterocycles. The molecule has 0 fully saturated rings. The summed E-state index contributed by atoms with van der Waals surface area (Å²) in [5.74, 6) is -0.241. The highest BCUT2D eigenvalue weighted by molar-refractivity contribution is 14.1. The van der Waals surface area contributed by atoms with Gasteiger partial charge in [-0.15, -0.1) is 0 Å². The summed E-state index contributed by atoms with van der Waals surface area (Å²) in [5.41, 5.74) is 1.70. The van der Waals surface area contributed by atoms with E-state index in [2.05, 4.69) is 22.6 Å². The standard InChI is InChI=1S/C9H13IO2/c1-4-12-9(11)8(3)5-7(2)6-10/h5-6H,4H2,1-3H3/b7-6+,8-5+. The molecule has 0 heterocycles. The lowest BCUT2D eigenvalue weighted by molar-refractivity contribution is -0.138. The second-order valence-electron chi connectivity index (χ2n) is 2.40. The molecule has 0 saturated heterocycles. The van der Waals surface area contributed by atoms with Gasteiger partial charge >= 0.3 is 5.97 Å². The van der Waals surface area contributed by atoms with E-state index in [0.29, 0.717) is 12.2 Å². The molecule has 12 heavy (non-hydrogen) atoms. The Morgan fingerprint density at radius 2 is 2.08 bits per heavy atom. The van der Waals surface area contributed by atoms with Crippen molar-refractivity contribution in [3.63, 3.8) is 0 Å². The van der Waals surface area contributed by atoms with E-state index in [1.54, 1.807) is 13.8 Å². The summed E-state index contributed by atoms with van der Waals surface area (Å²) >= 11 is 2.13. The molecular formula is C9H13IO2. The Kier molecular flexibility index (Phi) is 6.06. The number of halogens is 1. The SMILES string of the molecule is CCOC(=O)/C(C)=C/C(C)=C/I. The maximum atomic E-state index is 11.1. The van der Waals surface area contributed by atoms with Crippen LogP contribution in [0.25, 0.3) is 0 Å². The fourth-order valence-electron chi connectivity index (χ4n) is 0.677. The van der Waals surface area contributed by atoms with Crippen molar-refractivity contribution >= 4 is 28.6 Å². The zero-order valence-corrected chi connectivity index (χ0v) is 9.71. The Labute approximate surface area is 86.8 Å². The third kappa shape index (κ3) is 4.54. The van der Waals surface area contributed by atoms with Gasteiger partial charge in [-0.05, 0) is 36.5 Å². The van der Waals surface area contributed by atoms with E-state index < -0.39 is 0 Å². The molecule has 0 aliphatic rings. The molecule has 2 nitrogen and oxygen atoms in total. The van der Waals surface area contributed by atoms with E-state index in [4.69, 9.17) is 4.74 Å². The van der Waals surface area contributed by atoms with Crippen molar-refractivity contribution in [1.29, 1.82) is 0 Å². The maximum Gasteiger partial charge on any atom is 0.333 e. The van der Waals surface area contributed by atoms with Crippen molar-refractivity contribution in [3.05, 3.63) is 21.3 Å². The zero-order valence-electron chi connectivity index (χ0n) is 7.56. The number of allylic oxidation sites excluding steroid dienone is 2. The van der Waals surface area contributed by atoms with Crippen LogP contribution in [0.15, 0.2) is 21.3 Å². The maximum absolute atomic E-state index is 11.1. The third-order valence-electron chi connectivity index (χ3n) is 1.21. The first-order valence-corrected chi connectivity index (χ1v) is 4.98. The van der Waals surface area contributed by atoms with Gasteiger partial charge in [0.1, 0.15) is 0 Å². The number of ether oxygens (including phenoxy) is 1. The van der Waals surface area contributed by atoms with Crippen molar-refractivity contribution in [1.82, 2.24) is 0 Å². The lowest BCUT2D eigenvalue weighted by atomic mass is 10.2. The van der Waals surface area contributed by atoms with Crippen LogP contribution in [-0.4, -0.2) is 12.6 Å². The quantitative estimate of drug-likeness (QED) is 0.344. The first-order valence-electron chi connectivity index (χ1n) is 3.74. The van der Waals surface area contributed by atoms with Crippen LogP contribution in [0.1, 0.15) is 20.8 Å². The van der Waals surface area contributed by atoms with Crippen LogP contribution >= 0.6 is 22.6 Å². The summed E-state index contributed by atoms with van der Waals surface area (Å²) in [6.07, 6.45) is 1.81. The molecule has 0 amide bonds. The summed E-state index contributed by atoms with van der Waals surface area (Å²) in [7, 11) is 0. The summed E-state index contributed by atoms with van der Waals surface area (Å²) in [6.45, 7) is 5.92. The Morgan fingerprint density at radius 3 is 2.50 bits per heavy atom. The van der Waals surface area contributed by atoms with E-state index in [-0.39, 0.29) is 5.97 Å². The molecule has 0 atom stereocenters. The van der Waals surface area contributed by atoms with Crippen LogP contribution in [0, 0.1) is 0 Å². The van der Waals surface area contributed by atoms with Crippen LogP contribution in [0.2, 0.25) is 0 Å². The minimum atomic E-state index is -0.241. The molecule has 68 valence electrons. The predicted octanol–water partition coefficient (Wildman–Crippen LogP) is 2.83. The molecule has 0 N–H and O–H groups in total. The van der Waals surface area contributed by atoms with Gasteiger partial charge in [-0.1, -0.05) is 22.6 Å². The van der Waals surface area contributed by atoms with E-state index in [0.717, 1.165) is 5.57 Å². The Balaban J connectivity index is 4.27. The minimum Gasteiger partial charge on any atom is -0.463 e. The summed E-state index contributed by atoms with van der Waals surface area (Å²) in [6, 6.07) is 0. The number of carbonyl (C=O) groups excluding carboxylic acids is 1. The molecule has 0 radical (unpaired) electrons. The van der Waals surface area contributed by atoms with Crippen molar-refractivity contribution in [2.75, 3.05) is 6.61 Å². The van der Waals surface area contributed by atoms with Gasteiger partial charge in [0.05, 0.1) is 6.61 Å². The summed E-state index contributed by atoms with van der Waals surface area (Å²) in [5, 5.41) is 0. The lowest BCUT2D eigenvalue weighted by Gasteiger charge is -2.00. The highest BCUT2D eigenvalue weighted by Crippen LogP contribution is 2.05. The average Bonchev–Trinajstić information content (AvgIpc) is 2.04. The second kappa shape index (κ2) is 6.22. The summed E-state index contributed by atoms with van der Waals surface area (Å²) in [4.78, 5) is 11.1.